The fourth-order valence-electron chi connectivity index (χ4n) is 5.81. The highest BCUT2D eigenvalue weighted by Crippen LogP contribution is 2.55. The molecule has 2 aromatic rings. The summed E-state index contributed by atoms with van der Waals surface area (Å²) >= 11 is 0. The van der Waals surface area contributed by atoms with E-state index < -0.39 is 16.1 Å². The average Bonchev–Trinajstić information content (AvgIpc) is 3.28. The number of hydroxylamine groups is 3. The summed E-state index contributed by atoms with van der Waals surface area (Å²) in [6.45, 7) is 5.30. The van der Waals surface area contributed by atoms with E-state index in [0.29, 0.717) is 29.9 Å². The van der Waals surface area contributed by atoms with Gasteiger partial charge in [0.25, 0.3) is 11.9 Å². The van der Waals surface area contributed by atoms with Crippen molar-refractivity contribution in [3.8, 4) is 12.1 Å². The van der Waals surface area contributed by atoms with E-state index >= 15 is 0 Å². The van der Waals surface area contributed by atoms with Crippen molar-refractivity contribution in [3.05, 3.63) is 81.6 Å². The Labute approximate surface area is 216 Å². The maximum atomic E-state index is 13.9. The first-order valence-electron chi connectivity index (χ1n) is 12.2. The molecule has 2 unspecified atom stereocenters. The summed E-state index contributed by atoms with van der Waals surface area (Å²) in [7, 11) is 3.14. The van der Waals surface area contributed by atoms with Crippen LogP contribution in [0.3, 0.4) is 0 Å². The molecule has 192 valence electrons. The van der Waals surface area contributed by atoms with Crippen LogP contribution in [0.4, 0.5) is 8.78 Å². The van der Waals surface area contributed by atoms with E-state index in [0.717, 1.165) is 23.6 Å². The van der Waals surface area contributed by atoms with Gasteiger partial charge in [0.2, 0.25) is 0 Å². The van der Waals surface area contributed by atoms with E-state index in [4.69, 9.17) is 0 Å². The van der Waals surface area contributed by atoms with Crippen LogP contribution in [0.15, 0.2) is 53.5 Å². The molecule has 4 atom stereocenters. The Kier molecular flexibility index (Phi) is 6.48. The molecule has 0 amide bonds. The third-order valence-corrected chi connectivity index (χ3v) is 8.27. The topological polar surface area (TPSA) is 95.0 Å². The van der Waals surface area contributed by atoms with Gasteiger partial charge in [0.1, 0.15) is 0 Å². The number of nitrogens with one attached hydrogen (secondary N) is 1. The molecule has 0 bridgehead atoms. The summed E-state index contributed by atoms with van der Waals surface area (Å²) in [5.74, 6) is -2.92. The molecular weight excluding hydrogens is 472 g/mol. The number of nitriles is 2. The van der Waals surface area contributed by atoms with E-state index in [1.54, 1.807) is 44.4 Å². The Bertz CT molecular complexity index is 1330. The number of benzene rings is 2. The smallest absolute Gasteiger partial charge is 0.297 e. The molecule has 0 radical (unpaired) electrons. The Hall–Kier alpha value is -3.59. The van der Waals surface area contributed by atoms with Gasteiger partial charge in [-0.25, -0.2) is 13.8 Å². The van der Waals surface area contributed by atoms with Gasteiger partial charge >= 0.3 is 0 Å². The molecule has 2 aliphatic rings. The number of alkyl halides is 2. The highest BCUT2D eigenvalue weighted by Gasteiger charge is 2.57. The maximum absolute atomic E-state index is 13.9. The summed E-state index contributed by atoms with van der Waals surface area (Å²) in [6, 6.07) is 15.7. The molecule has 1 aliphatic carbocycles. The third-order valence-electron chi connectivity index (χ3n) is 8.27. The largest absolute Gasteiger partial charge is 0.625 e. The number of quaternary nitrogens is 1. The lowest BCUT2D eigenvalue weighted by molar-refractivity contribution is -0.778. The minimum absolute atomic E-state index is 0.0707. The van der Waals surface area contributed by atoms with Crippen LogP contribution in [-0.2, 0) is 5.92 Å². The molecule has 0 aromatic heterocycles. The second-order valence-corrected chi connectivity index (χ2v) is 10.9. The van der Waals surface area contributed by atoms with Crippen molar-refractivity contribution in [1.29, 1.82) is 10.5 Å². The van der Waals surface area contributed by atoms with Gasteiger partial charge in [0.15, 0.2) is 0 Å². The van der Waals surface area contributed by atoms with Crippen molar-refractivity contribution in [1.82, 2.24) is 5.32 Å². The predicted octanol–water partition coefficient (Wildman–Crippen LogP) is 5.80. The highest BCUT2D eigenvalue weighted by molar-refractivity contribution is 5.77. The lowest BCUT2D eigenvalue weighted by Crippen LogP contribution is -2.72. The van der Waals surface area contributed by atoms with Gasteiger partial charge in [0.05, 0.1) is 48.3 Å². The Balaban J connectivity index is 1.75. The lowest BCUT2D eigenvalue weighted by atomic mass is 9.60. The van der Waals surface area contributed by atoms with Crippen LogP contribution in [-0.4, -0.2) is 36.8 Å². The molecule has 1 fully saturated rings. The number of nitrogens with zero attached hydrogens (tertiary/aromatic N) is 4. The van der Waals surface area contributed by atoms with E-state index in [2.05, 4.69) is 42.4 Å². The number of aliphatic imine (C=N–C) groups is 1. The van der Waals surface area contributed by atoms with Gasteiger partial charge in [-0.1, -0.05) is 37.3 Å². The minimum atomic E-state index is -2.95. The molecule has 8 heteroatoms. The van der Waals surface area contributed by atoms with Crippen molar-refractivity contribution in [2.75, 3.05) is 20.6 Å². The molecule has 37 heavy (non-hydrogen) atoms. The first-order chi connectivity index (χ1) is 17.3. The minimum Gasteiger partial charge on any atom is -0.625 e. The zero-order chi connectivity index (χ0) is 27.2. The second-order valence-electron chi connectivity index (χ2n) is 10.9. The second kappa shape index (κ2) is 9.06. The average molecular weight is 504 g/mol. The standard InChI is InChI=1S/C29H31F2N5O/c1-27(11-10-22(15-27)23-13-19(16-32)12-20(14-23)17-33)28(2)25(18-36(5,37)26(34-4)35-28)21-6-8-24(9-7-21)29(3,30)31/h6-10,12-14,25H,11,15,18H2,1-5H3,(H,34,35)/t25-,27?,28-,36?/m0/s1. The maximum Gasteiger partial charge on any atom is 0.297 e. The first-order valence-corrected chi connectivity index (χ1v) is 12.2. The molecule has 1 saturated heterocycles. The quantitative estimate of drug-likeness (QED) is 0.421. The fourth-order valence-corrected chi connectivity index (χ4v) is 5.81. The Morgan fingerprint density at radius 2 is 1.70 bits per heavy atom. The van der Waals surface area contributed by atoms with Crippen LogP contribution in [0.1, 0.15) is 67.3 Å². The lowest BCUT2D eigenvalue weighted by Gasteiger charge is -2.58. The monoisotopic (exact) mass is 503 g/mol. The SMILES string of the molecule is CN=C1N[C@](C)(C2(C)CC=C(c3cc(C#N)cc(C#N)c3)C2)[C@H](c2ccc(C(C)(F)F)cc2)C[N+]1(C)[O-]. The van der Waals surface area contributed by atoms with E-state index in [9.17, 15) is 24.5 Å². The molecule has 1 N–H and O–H groups in total. The van der Waals surface area contributed by atoms with Crippen molar-refractivity contribution in [2.45, 2.75) is 51.0 Å². The molecule has 4 rings (SSSR count). The van der Waals surface area contributed by atoms with Gasteiger partial charge in [-0.05, 0) is 60.1 Å². The van der Waals surface area contributed by atoms with Gasteiger partial charge in [0, 0.05) is 19.5 Å². The number of allylic oxidation sites excluding steroid dienone is 2. The van der Waals surface area contributed by atoms with Crippen LogP contribution in [0.5, 0.6) is 0 Å². The van der Waals surface area contributed by atoms with Crippen LogP contribution in [0, 0.1) is 33.3 Å². The Morgan fingerprint density at radius 1 is 1.11 bits per heavy atom. The summed E-state index contributed by atoms with van der Waals surface area (Å²) in [4.78, 5) is 4.27. The zero-order valence-electron chi connectivity index (χ0n) is 21.8. The summed E-state index contributed by atoms with van der Waals surface area (Å²) in [5.41, 5.74) is 2.42. The van der Waals surface area contributed by atoms with Crippen LogP contribution >= 0.6 is 0 Å². The van der Waals surface area contributed by atoms with Crippen LogP contribution in [0.25, 0.3) is 5.57 Å². The number of hydrogen-bond donors (Lipinski definition) is 1. The molecule has 2 aromatic carbocycles. The molecule has 6 nitrogen and oxygen atoms in total. The van der Waals surface area contributed by atoms with Crippen molar-refractivity contribution in [3.63, 3.8) is 0 Å². The van der Waals surface area contributed by atoms with Gasteiger partial charge in [-0.15, -0.1) is 0 Å². The number of likely N-dealkylation sites (N-methyl/N-ethyl adjacent to an activating group) is 1. The Morgan fingerprint density at radius 3 is 2.22 bits per heavy atom. The van der Waals surface area contributed by atoms with E-state index in [1.165, 1.54) is 12.1 Å². The molecule has 1 heterocycles. The van der Waals surface area contributed by atoms with Crippen LogP contribution < -0.4 is 5.32 Å². The highest BCUT2D eigenvalue weighted by atomic mass is 19.3. The van der Waals surface area contributed by atoms with E-state index in [-0.39, 0.29) is 23.4 Å². The van der Waals surface area contributed by atoms with Crippen molar-refractivity contribution < 1.29 is 13.4 Å². The summed E-state index contributed by atoms with van der Waals surface area (Å²) in [5, 5.41) is 35.8. The molecule has 0 spiro atoms. The number of hydrogen-bond acceptors (Lipinski definition) is 4. The molecule has 1 aliphatic heterocycles. The normalized spacial score (nSPS) is 30.8. The van der Waals surface area contributed by atoms with Crippen molar-refractivity contribution in [2.24, 2.45) is 10.4 Å². The number of guanidine groups is 1. The number of halogens is 2. The fraction of sp³-hybridized carbons (Fsp3) is 0.414. The van der Waals surface area contributed by atoms with Gasteiger partial charge in [-0.3, -0.25) is 4.65 Å². The number of rotatable bonds is 4. The van der Waals surface area contributed by atoms with Crippen molar-refractivity contribution >= 4 is 11.5 Å². The predicted molar refractivity (Wildman–Crippen MR) is 139 cm³/mol. The van der Waals surface area contributed by atoms with Gasteiger partial charge < -0.3 is 10.5 Å². The van der Waals surface area contributed by atoms with E-state index in [1.807, 2.05) is 0 Å². The molecular formula is C29H31F2N5O. The summed E-state index contributed by atoms with van der Waals surface area (Å²) in [6.07, 6.45) is 3.45. The molecule has 0 saturated carbocycles. The van der Waals surface area contributed by atoms with Crippen LogP contribution in [0.2, 0.25) is 0 Å². The summed E-state index contributed by atoms with van der Waals surface area (Å²) < 4.78 is 27.1. The first kappa shape index (κ1) is 26.5. The zero-order valence-corrected chi connectivity index (χ0v) is 21.8. The van der Waals surface area contributed by atoms with Gasteiger partial charge in [-0.2, -0.15) is 10.5 Å². The third kappa shape index (κ3) is 4.64.